The number of ether oxygens (including phenoxy) is 3. The highest BCUT2D eigenvalue weighted by Crippen LogP contribution is 2.30. The normalized spacial score (nSPS) is 37.1. The Hall–Kier alpha value is -1.47. The topological polar surface area (TPSA) is 85.2 Å². The summed E-state index contributed by atoms with van der Waals surface area (Å²) in [7, 11) is 0. The standard InChI is InChI=1S/C13H14O6/c14-9-8-6-17-13(18-8)11(10(9)15)19-12(16)7-4-2-1-3-5-7/h1-5,8-11,13-15H,6H2/t8-,9+,10+,11-,13+/m1/s1. The highest BCUT2D eigenvalue weighted by Gasteiger charge is 2.51. The molecule has 2 fully saturated rings. The first-order chi connectivity index (χ1) is 9.16. The summed E-state index contributed by atoms with van der Waals surface area (Å²) >= 11 is 0. The molecule has 2 bridgehead atoms. The summed E-state index contributed by atoms with van der Waals surface area (Å²) in [5, 5.41) is 19.7. The van der Waals surface area contributed by atoms with Gasteiger partial charge in [-0.3, -0.25) is 0 Å². The van der Waals surface area contributed by atoms with Gasteiger partial charge in [0, 0.05) is 0 Å². The van der Waals surface area contributed by atoms with Crippen molar-refractivity contribution in [3.05, 3.63) is 35.9 Å². The summed E-state index contributed by atoms with van der Waals surface area (Å²) in [4.78, 5) is 11.9. The van der Waals surface area contributed by atoms with E-state index in [1.165, 1.54) is 0 Å². The van der Waals surface area contributed by atoms with Crippen LogP contribution in [0, 0.1) is 0 Å². The van der Waals surface area contributed by atoms with Crippen molar-refractivity contribution in [3.8, 4) is 0 Å². The van der Waals surface area contributed by atoms with Gasteiger partial charge in [0.25, 0.3) is 0 Å². The van der Waals surface area contributed by atoms with E-state index in [1.54, 1.807) is 30.3 Å². The molecule has 2 heterocycles. The SMILES string of the molecule is O=C(O[C@H]1[C@H]2OC[C@@H](O2)[C@H](O)[C@@H]1O)c1ccccc1. The van der Waals surface area contributed by atoms with Crippen LogP contribution in [-0.4, -0.2) is 53.5 Å². The molecule has 2 N–H and O–H groups in total. The zero-order chi connectivity index (χ0) is 13.4. The van der Waals surface area contributed by atoms with Crippen LogP contribution in [-0.2, 0) is 14.2 Å². The number of hydrogen-bond acceptors (Lipinski definition) is 6. The summed E-state index contributed by atoms with van der Waals surface area (Å²) in [6.07, 6.45) is -4.74. The van der Waals surface area contributed by atoms with E-state index in [2.05, 4.69) is 0 Å². The fourth-order valence-electron chi connectivity index (χ4n) is 2.26. The average Bonchev–Trinajstić information content (AvgIpc) is 2.89. The molecule has 0 amide bonds. The maximum atomic E-state index is 11.9. The van der Waals surface area contributed by atoms with Crippen LogP contribution in [0.5, 0.6) is 0 Å². The summed E-state index contributed by atoms with van der Waals surface area (Å²) in [6, 6.07) is 8.41. The van der Waals surface area contributed by atoms with E-state index in [1.807, 2.05) is 0 Å². The van der Waals surface area contributed by atoms with E-state index in [4.69, 9.17) is 14.2 Å². The van der Waals surface area contributed by atoms with E-state index in [9.17, 15) is 15.0 Å². The van der Waals surface area contributed by atoms with Gasteiger partial charge in [0.2, 0.25) is 0 Å². The summed E-state index contributed by atoms with van der Waals surface area (Å²) < 4.78 is 15.8. The van der Waals surface area contributed by atoms with Gasteiger partial charge in [0.1, 0.15) is 18.3 Å². The van der Waals surface area contributed by atoms with Crippen molar-refractivity contribution < 1.29 is 29.2 Å². The van der Waals surface area contributed by atoms with Crippen LogP contribution in [0.25, 0.3) is 0 Å². The quantitative estimate of drug-likeness (QED) is 0.714. The zero-order valence-electron chi connectivity index (χ0n) is 10.0. The van der Waals surface area contributed by atoms with Crippen LogP contribution in [0.15, 0.2) is 30.3 Å². The van der Waals surface area contributed by atoms with Crippen molar-refractivity contribution in [1.29, 1.82) is 0 Å². The van der Waals surface area contributed by atoms with Crippen molar-refractivity contribution in [2.24, 2.45) is 0 Å². The van der Waals surface area contributed by atoms with Gasteiger partial charge in [0.15, 0.2) is 12.4 Å². The number of fused-ring (bicyclic) bond motifs is 2. The van der Waals surface area contributed by atoms with E-state index >= 15 is 0 Å². The second-order valence-electron chi connectivity index (χ2n) is 4.59. The lowest BCUT2D eigenvalue weighted by Gasteiger charge is -2.34. The van der Waals surface area contributed by atoms with Crippen LogP contribution in [0.1, 0.15) is 10.4 Å². The third-order valence-corrected chi connectivity index (χ3v) is 3.32. The first kappa shape index (κ1) is 12.6. The average molecular weight is 266 g/mol. The second-order valence-corrected chi connectivity index (χ2v) is 4.59. The van der Waals surface area contributed by atoms with Crippen LogP contribution < -0.4 is 0 Å². The summed E-state index contributed by atoms with van der Waals surface area (Å²) in [5.41, 5.74) is 0.365. The smallest absolute Gasteiger partial charge is 0.338 e. The predicted molar refractivity (Wildman–Crippen MR) is 62.3 cm³/mol. The molecule has 1 aromatic rings. The molecule has 0 radical (unpaired) electrons. The first-order valence-corrected chi connectivity index (χ1v) is 6.06. The zero-order valence-corrected chi connectivity index (χ0v) is 10.0. The van der Waals surface area contributed by atoms with Crippen LogP contribution in [0.3, 0.4) is 0 Å². The molecule has 6 nitrogen and oxygen atoms in total. The molecule has 1 aromatic carbocycles. The van der Waals surface area contributed by atoms with Gasteiger partial charge in [-0.05, 0) is 12.1 Å². The third-order valence-electron chi connectivity index (χ3n) is 3.32. The Bertz CT molecular complexity index is 461. The van der Waals surface area contributed by atoms with Gasteiger partial charge >= 0.3 is 5.97 Å². The van der Waals surface area contributed by atoms with E-state index < -0.39 is 36.7 Å². The number of aliphatic hydroxyl groups excluding tert-OH is 2. The van der Waals surface area contributed by atoms with Crippen molar-refractivity contribution in [1.82, 2.24) is 0 Å². The van der Waals surface area contributed by atoms with Gasteiger partial charge in [-0.25, -0.2) is 4.79 Å². The van der Waals surface area contributed by atoms with Crippen molar-refractivity contribution in [2.75, 3.05) is 6.61 Å². The molecule has 0 saturated carbocycles. The van der Waals surface area contributed by atoms with Gasteiger partial charge < -0.3 is 24.4 Å². The fraction of sp³-hybridized carbons (Fsp3) is 0.462. The molecule has 0 unspecified atom stereocenters. The monoisotopic (exact) mass is 266 g/mol. The summed E-state index contributed by atoms with van der Waals surface area (Å²) in [6.45, 7) is 0.183. The molecule has 6 heteroatoms. The minimum absolute atomic E-state index is 0.183. The van der Waals surface area contributed by atoms with Gasteiger partial charge in [0.05, 0.1) is 12.2 Å². The Morgan fingerprint density at radius 1 is 1.21 bits per heavy atom. The number of aliphatic hydroxyl groups is 2. The molecule has 5 atom stereocenters. The molecular formula is C13H14O6. The molecule has 2 aliphatic heterocycles. The Labute approximate surface area is 109 Å². The molecular weight excluding hydrogens is 252 g/mol. The second kappa shape index (κ2) is 4.90. The molecule has 0 aromatic heterocycles. The molecule has 102 valence electrons. The molecule has 3 rings (SSSR count). The van der Waals surface area contributed by atoms with Crippen molar-refractivity contribution >= 4 is 5.97 Å². The number of carbonyl (C=O) groups is 1. The lowest BCUT2D eigenvalue weighted by molar-refractivity contribution is -0.228. The third kappa shape index (κ3) is 2.23. The number of esters is 1. The maximum absolute atomic E-state index is 11.9. The largest absolute Gasteiger partial charge is 0.450 e. The summed E-state index contributed by atoms with van der Waals surface area (Å²) in [5.74, 6) is -0.589. The van der Waals surface area contributed by atoms with Crippen molar-refractivity contribution in [2.45, 2.75) is 30.7 Å². The van der Waals surface area contributed by atoms with Gasteiger partial charge in [-0.15, -0.1) is 0 Å². The number of rotatable bonds is 2. The number of benzene rings is 1. The van der Waals surface area contributed by atoms with E-state index in [0.717, 1.165) is 0 Å². The molecule has 0 spiro atoms. The van der Waals surface area contributed by atoms with E-state index in [0.29, 0.717) is 5.56 Å². The van der Waals surface area contributed by atoms with Crippen LogP contribution >= 0.6 is 0 Å². The first-order valence-electron chi connectivity index (χ1n) is 6.06. The fourth-order valence-corrected chi connectivity index (χ4v) is 2.26. The Kier molecular flexibility index (Phi) is 3.24. The van der Waals surface area contributed by atoms with E-state index in [-0.39, 0.29) is 6.61 Å². The highest BCUT2D eigenvalue weighted by atomic mass is 16.8. The Morgan fingerprint density at radius 2 is 1.95 bits per heavy atom. The van der Waals surface area contributed by atoms with Crippen LogP contribution in [0.4, 0.5) is 0 Å². The molecule has 19 heavy (non-hydrogen) atoms. The molecule has 2 saturated heterocycles. The van der Waals surface area contributed by atoms with Gasteiger partial charge in [-0.2, -0.15) is 0 Å². The molecule has 0 aliphatic carbocycles. The predicted octanol–water partition coefficient (Wildman–Crippen LogP) is -0.311. The van der Waals surface area contributed by atoms with Crippen LogP contribution in [0.2, 0.25) is 0 Å². The minimum Gasteiger partial charge on any atom is -0.450 e. The lowest BCUT2D eigenvalue weighted by Crippen LogP contribution is -2.55. The van der Waals surface area contributed by atoms with Crippen molar-refractivity contribution in [3.63, 3.8) is 0 Å². The lowest BCUT2D eigenvalue weighted by atomic mass is 10.0. The Morgan fingerprint density at radius 3 is 2.68 bits per heavy atom. The maximum Gasteiger partial charge on any atom is 0.338 e. The minimum atomic E-state index is -1.21. The van der Waals surface area contributed by atoms with Gasteiger partial charge in [-0.1, -0.05) is 18.2 Å². The number of hydrogen-bond donors (Lipinski definition) is 2. The Balaban J connectivity index is 1.74. The molecule has 2 aliphatic rings. The number of carbonyl (C=O) groups excluding carboxylic acids is 1. The highest BCUT2D eigenvalue weighted by molar-refractivity contribution is 5.89.